The lowest BCUT2D eigenvalue weighted by Gasteiger charge is -2.16. The van der Waals surface area contributed by atoms with Crippen LogP contribution in [0.25, 0.3) is 0 Å². The van der Waals surface area contributed by atoms with Gasteiger partial charge in [0.1, 0.15) is 0 Å². The zero-order valence-electron chi connectivity index (χ0n) is 10.2. The molecule has 0 saturated heterocycles. The normalized spacial score (nSPS) is 12.7. The number of aryl methyl sites for hydroxylation is 1. The minimum atomic E-state index is 0.192. The maximum Gasteiger partial charge on any atom is 0.0921 e. The first kappa shape index (κ1) is 13.7. The van der Waals surface area contributed by atoms with Gasteiger partial charge in [0.05, 0.1) is 6.10 Å². The number of hydrogen-bond donors (Lipinski definition) is 0. The fraction of sp³-hybridized carbons (Fsp3) is 0.571. The molecule has 0 aromatic heterocycles. The molecule has 0 saturated carbocycles. The van der Waals surface area contributed by atoms with Gasteiger partial charge in [-0.1, -0.05) is 65.5 Å². The summed E-state index contributed by atoms with van der Waals surface area (Å²) in [5.74, 6) is 0. The van der Waals surface area contributed by atoms with Crippen LogP contribution in [0, 0.1) is 6.92 Å². The van der Waals surface area contributed by atoms with Crippen LogP contribution in [0.4, 0.5) is 0 Å². The van der Waals surface area contributed by atoms with Gasteiger partial charge in [0, 0.05) is 11.9 Å². The van der Waals surface area contributed by atoms with E-state index in [0.717, 1.165) is 18.4 Å². The highest BCUT2D eigenvalue weighted by Gasteiger charge is 2.09. The van der Waals surface area contributed by atoms with Crippen LogP contribution in [-0.2, 0) is 4.74 Å². The molecule has 1 atom stereocenters. The largest absolute Gasteiger partial charge is 0.373 e. The summed E-state index contributed by atoms with van der Waals surface area (Å²) in [5, 5.41) is 0.863. The molecule has 1 aromatic rings. The summed E-state index contributed by atoms with van der Waals surface area (Å²) in [6.45, 7) is 5.18. The van der Waals surface area contributed by atoms with E-state index >= 15 is 0 Å². The van der Waals surface area contributed by atoms with Gasteiger partial charge in [0.2, 0.25) is 0 Å². The Morgan fingerprint density at radius 1 is 1.19 bits per heavy atom. The Morgan fingerprint density at radius 2 is 1.88 bits per heavy atom. The Bertz CT molecular complexity index is 281. The van der Waals surface area contributed by atoms with Crippen molar-refractivity contribution < 1.29 is 4.74 Å². The number of ether oxygens (including phenoxy) is 1. The second kappa shape index (κ2) is 7.86. The minimum Gasteiger partial charge on any atom is -0.373 e. The van der Waals surface area contributed by atoms with Crippen molar-refractivity contribution in [3.05, 3.63) is 35.4 Å². The van der Waals surface area contributed by atoms with Crippen LogP contribution in [0.1, 0.15) is 43.4 Å². The van der Waals surface area contributed by atoms with Gasteiger partial charge < -0.3 is 4.74 Å². The number of unbranched alkanes of at least 4 members (excludes halogenated alkanes) is 2. The van der Waals surface area contributed by atoms with Crippen molar-refractivity contribution in [2.24, 2.45) is 0 Å². The van der Waals surface area contributed by atoms with Crippen molar-refractivity contribution in [2.45, 2.75) is 39.2 Å². The highest BCUT2D eigenvalue weighted by Crippen LogP contribution is 2.20. The number of benzene rings is 1. The van der Waals surface area contributed by atoms with E-state index in [9.17, 15) is 0 Å². The predicted molar refractivity (Wildman–Crippen MR) is 73.2 cm³/mol. The molecule has 90 valence electrons. The van der Waals surface area contributed by atoms with E-state index in [2.05, 4.69) is 54.0 Å². The molecule has 1 rings (SSSR count). The standard InChI is InChI=1S/C14H21BrO/c1-3-4-5-10-16-14(11-15)13-8-6-12(2)7-9-13/h6-9,14H,3-5,10-11H2,1-2H3. The van der Waals surface area contributed by atoms with Gasteiger partial charge in [-0.05, 0) is 18.9 Å². The molecule has 0 aliphatic heterocycles. The van der Waals surface area contributed by atoms with Crippen LogP contribution in [0.3, 0.4) is 0 Å². The molecule has 0 aliphatic rings. The van der Waals surface area contributed by atoms with Crippen molar-refractivity contribution in [2.75, 3.05) is 11.9 Å². The van der Waals surface area contributed by atoms with Crippen molar-refractivity contribution in [3.63, 3.8) is 0 Å². The van der Waals surface area contributed by atoms with E-state index in [1.165, 1.54) is 24.0 Å². The Labute approximate surface area is 107 Å². The zero-order chi connectivity index (χ0) is 11.8. The van der Waals surface area contributed by atoms with Crippen molar-refractivity contribution >= 4 is 15.9 Å². The summed E-state index contributed by atoms with van der Waals surface area (Å²) >= 11 is 3.52. The quantitative estimate of drug-likeness (QED) is 0.524. The van der Waals surface area contributed by atoms with E-state index in [4.69, 9.17) is 4.74 Å². The SMILES string of the molecule is CCCCCOC(CBr)c1ccc(C)cc1. The Morgan fingerprint density at radius 3 is 2.44 bits per heavy atom. The van der Waals surface area contributed by atoms with Crippen molar-refractivity contribution in [1.29, 1.82) is 0 Å². The molecule has 1 aromatic carbocycles. The monoisotopic (exact) mass is 284 g/mol. The number of rotatable bonds is 7. The van der Waals surface area contributed by atoms with Gasteiger partial charge in [-0.3, -0.25) is 0 Å². The van der Waals surface area contributed by atoms with Crippen molar-refractivity contribution in [1.82, 2.24) is 0 Å². The maximum atomic E-state index is 5.87. The van der Waals surface area contributed by atoms with Crippen LogP contribution >= 0.6 is 15.9 Å². The van der Waals surface area contributed by atoms with E-state index < -0.39 is 0 Å². The first-order valence-electron chi connectivity index (χ1n) is 6.02. The molecule has 1 unspecified atom stereocenters. The average Bonchev–Trinajstić information content (AvgIpc) is 2.31. The van der Waals surface area contributed by atoms with Gasteiger partial charge >= 0.3 is 0 Å². The van der Waals surface area contributed by atoms with Gasteiger partial charge in [-0.15, -0.1) is 0 Å². The molecule has 0 bridgehead atoms. The fourth-order valence-corrected chi connectivity index (χ4v) is 2.15. The van der Waals surface area contributed by atoms with Gasteiger partial charge in [0.15, 0.2) is 0 Å². The summed E-state index contributed by atoms with van der Waals surface area (Å²) in [5.41, 5.74) is 2.56. The molecule has 0 aliphatic carbocycles. The first-order chi connectivity index (χ1) is 7.77. The summed E-state index contributed by atoms with van der Waals surface area (Å²) in [6, 6.07) is 8.59. The third-order valence-electron chi connectivity index (χ3n) is 2.66. The number of alkyl halides is 1. The maximum absolute atomic E-state index is 5.87. The van der Waals surface area contributed by atoms with Crippen LogP contribution < -0.4 is 0 Å². The first-order valence-corrected chi connectivity index (χ1v) is 7.14. The molecule has 0 N–H and O–H groups in total. The van der Waals surface area contributed by atoms with Gasteiger partial charge in [-0.25, -0.2) is 0 Å². The van der Waals surface area contributed by atoms with Crippen molar-refractivity contribution in [3.8, 4) is 0 Å². The summed E-state index contributed by atoms with van der Waals surface area (Å²) in [7, 11) is 0. The third-order valence-corrected chi connectivity index (χ3v) is 3.24. The van der Waals surface area contributed by atoms with E-state index in [-0.39, 0.29) is 6.10 Å². The molecule has 0 fully saturated rings. The third kappa shape index (κ3) is 4.67. The smallest absolute Gasteiger partial charge is 0.0921 e. The lowest BCUT2D eigenvalue weighted by molar-refractivity contribution is 0.0670. The summed E-state index contributed by atoms with van der Waals surface area (Å²) in [4.78, 5) is 0. The zero-order valence-corrected chi connectivity index (χ0v) is 11.8. The Balaban J connectivity index is 2.44. The highest BCUT2D eigenvalue weighted by molar-refractivity contribution is 9.09. The summed E-state index contributed by atoms with van der Waals surface area (Å²) in [6.07, 6.45) is 3.85. The Hall–Kier alpha value is -0.340. The lowest BCUT2D eigenvalue weighted by atomic mass is 10.1. The molecule has 0 amide bonds. The Kier molecular flexibility index (Phi) is 6.74. The summed E-state index contributed by atoms with van der Waals surface area (Å²) < 4.78 is 5.87. The lowest BCUT2D eigenvalue weighted by Crippen LogP contribution is -2.07. The molecule has 0 spiro atoms. The molecule has 16 heavy (non-hydrogen) atoms. The van der Waals surface area contributed by atoms with Crippen LogP contribution in [-0.4, -0.2) is 11.9 Å². The predicted octanol–water partition coefficient (Wildman–Crippen LogP) is 4.64. The molecular formula is C14H21BrO. The fourth-order valence-electron chi connectivity index (χ4n) is 1.59. The van der Waals surface area contributed by atoms with E-state index in [1.807, 2.05) is 0 Å². The minimum absolute atomic E-state index is 0.192. The topological polar surface area (TPSA) is 9.23 Å². The van der Waals surface area contributed by atoms with Gasteiger partial charge in [-0.2, -0.15) is 0 Å². The molecule has 0 radical (unpaired) electrons. The molecule has 0 heterocycles. The van der Waals surface area contributed by atoms with Crippen LogP contribution in [0.2, 0.25) is 0 Å². The number of hydrogen-bond acceptors (Lipinski definition) is 1. The molecule has 2 heteroatoms. The van der Waals surface area contributed by atoms with Crippen LogP contribution in [0.5, 0.6) is 0 Å². The highest BCUT2D eigenvalue weighted by atomic mass is 79.9. The second-order valence-electron chi connectivity index (χ2n) is 4.13. The second-order valence-corrected chi connectivity index (χ2v) is 4.78. The average molecular weight is 285 g/mol. The van der Waals surface area contributed by atoms with E-state index in [1.54, 1.807) is 0 Å². The van der Waals surface area contributed by atoms with E-state index in [0.29, 0.717) is 0 Å². The number of halogens is 1. The molecular weight excluding hydrogens is 264 g/mol. The van der Waals surface area contributed by atoms with Crippen LogP contribution in [0.15, 0.2) is 24.3 Å². The molecule has 1 nitrogen and oxygen atoms in total. The van der Waals surface area contributed by atoms with Gasteiger partial charge in [0.25, 0.3) is 0 Å².